The maximum atomic E-state index is 11.7. The molecule has 0 unspecified atom stereocenters. The Morgan fingerprint density at radius 1 is 1.28 bits per heavy atom. The molecule has 11 heteroatoms. The molecule has 0 aliphatic heterocycles. The van der Waals surface area contributed by atoms with E-state index in [0.717, 1.165) is 0 Å². The van der Waals surface area contributed by atoms with Crippen molar-refractivity contribution in [3.05, 3.63) is 35.9 Å². The first-order chi connectivity index (χ1) is 12.0. The first-order valence-electron chi connectivity index (χ1n) is 7.17. The van der Waals surface area contributed by atoms with Crippen molar-refractivity contribution < 1.29 is 9.53 Å². The fourth-order valence-corrected chi connectivity index (χ4v) is 2.11. The molecule has 2 N–H and O–H groups in total. The summed E-state index contributed by atoms with van der Waals surface area (Å²) in [6.45, 7) is 1.73. The molecule has 0 radical (unpaired) electrons. The first kappa shape index (κ1) is 16.2. The zero-order valence-corrected chi connectivity index (χ0v) is 13.8. The summed E-state index contributed by atoms with van der Waals surface area (Å²) in [5, 5.41) is 16.5. The second-order valence-corrected chi connectivity index (χ2v) is 4.98. The van der Waals surface area contributed by atoms with E-state index in [4.69, 9.17) is 10.5 Å². The fraction of sp³-hybridized carbons (Fsp3) is 0.214. The van der Waals surface area contributed by atoms with Crippen LogP contribution in [0.1, 0.15) is 16.1 Å². The van der Waals surface area contributed by atoms with Crippen LogP contribution in [0.25, 0.3) is 5.95 Å². The van der Waals surface area contributed by atoms with E-state index in [0.29, 0.717) is 17.3 Å². The van der Waals surface area contributed by atoms with Crippen molar-refractivity contribution in [2.45, 2.75) is 6.92 Å². The van der Waals surface area contributed by atoms with Crippen LogP contribution in [0.15, 0.2) is 34.9 Å². The Balaban J connectivity index is 2.00. The van der Waals surface area contributed by atoms with Gasteiger partial charge in [0.05, 0.1) is 19.0 Å². The lowest BCUT2D eigenvalue weighted by molar-refractivity contribution is 0.0601. The van der Waals surface area contributed by atoms with E-state index in [9.17, 15) is 4.79 Å². The van der Waals surface area contributed by atoms with Crippen LogP contribution in [-0.4, -0.2) is 42.6 Å². The fourth-order valence-electron chi connectivity index (χ4n) is 2.11. The van der Waals surface area contributed by atoms with Gasteiger partial charge in [-0.05, 0) is 13.0 Å². The minimum absolute atomic E-state index is 0.198. The second kappa shape index (κ2) is 6.47. The summed E-state index contributed by atoms with van der Waals surface area (Å²) < 4.78 is 7.48. The quantitative estimate of drug-likeness (QED) is 0.560. The normalized spacial score (nSPS) is 11.2. The molecule has 0 saturated heterocycles. The van der Waals surface area contributed by atoms with Crippen molar-refractivity contribution in [1.82, 2.24) is 29.5 Å². The van der Waals surface area contributed by atoms with Crippen LogP contribution < -0.4 is 5.73 Å². The monoisotopic (exact) mass is 341 g/mol. The Labute approximate surface area is 142 Å². The third kappa shape index (κ3) is 2.94. The Morgan fingerprint density at radius 3 is 2.68 bits per heavy atom. The molecule has 11 nitrogen and oxygen atoms in total. The number of carbonyl (C=O) groups is 1. The van der Waals surface area contributed by atoms with Crippen LogP contribution in [0.5, 0.6) is 0 Å². The molecule has 3 heterocycles. The molecule has 3 aromatic heterocycles. The predicted octanol–water partition coefficient (Wildman–Crippen LogP) is 1.49. The number of nitrogen functional groups attached to an aromatic ring is 1. The molecule has 0 aliphatic rings. The minimum atomic E-state index is -0.555. The number of methoxy groups -OCH3 is 1. The van der Waals surface area contributed by atoms with Crippen molar-refractivity contribution >= 4 is 23.3 Å². The summed E-state index contributed by atoms with van der Waals surface area (Å²) in [5.41, 5.74) is 7.18. The average Bonchev–Trinajstić information content (AvgIpc) is 3.13. The Hall–Kier alpha value is -3.63. The molecule has 0 atom stereocenters. The maximum absolute atomic E-state index is 11.7. The molecule has 128 valence electrons. The molecule has 3 rings (SSSR count). The summed E-state index contributed by atoms with van der Waals surface area (Å²) in [6.07, 6.45) is 4.52. The zero-order valence-electron chi connectivity index (χ0n) is 13.8. The Kier molecular flexibility index (Phi) is 4.20. The molecule has 0 aliphatic carbocycles. The summed E-state index contributed by atoms with van der Waals surface area (Å²) in [5.74, 6) is 0.240. The van der Waals surface area contributed by atoms with Gasteiger partial charge in [0.1, 0.15) is 5.56 Å². The van der Waals surface area contributed by atoms with Crippen molar-refractivity contribution in [2.24, 2.45) is 17.3 Å². The average molecular weight is 341 g/mol. The third-order valence-corrected chi connectivity index (χ3v) is 3.36. The summed E-state index contributed by atoms with van der Waals surface area (Å²) in [6, 6.07) is 1.69. The Bertz CT molecular complexity index is 943. The van der Waals surface area contributed by atoms with E-state index in [-0.39, 0.29) is 17.2 Å². The number of hydrogen-bond donors (Lipinski definition) is 1. The number of ether oxygens (including phenoxy) is 1. The van der Waals surface area contributed by atoms with Crippen LogP contribution in [0.2, 0.25) is 0 Å². The van der Waals surface area contributed by atoms with Crippen molar-refractivity contribution in [1.29, 1.82) is 0 Å². The first-order valence-corrected chi connectivity index (χ1v) is 7.17. The molecule has 0 aromatic carbocycles. The molecule has 0 spiro atoms. The SMILES string of the molecule is COC(=O)c1cnn(C)c1N=Nc1c(C)nn(-c2ncccn2)c1N. The van der Waals surface area contributed by atoms with Gasteiger partial charge in [-0.3, -0.25) is 0 Å². The van der Waals surface area contributed by atoms with Gasteiger partial charge in [0, 0.05) is 19.4 Å². The van der Waals surface area contributed by atoms with Crippen molar-refractivity contribution in [3.8, 4) is 5.95 Å². The zero-order chi connectivity index (χ0) is 18.0. The smallest absolute Gasteiger partial charge is 0.343 e. The van der Waals surface area contributed by atoms with Gasteiger partial charge in [-0.2, -0.15) is 14.9 Å². The van der Waals surface area contributed by atoms with Crippen LogP contribution in [-0.2, 0) is 11.8 Å². The largest absolute Gasteiger partial charge is 0.465 e. The summed E-state index contributed by atoms with van der Waals surface area (Å²) in [7, 11) is 2.92. The van der Waals surface area contributed by atoms with Gasteiger partial charge in [-0.1, -0.05) is 0 Å². The number of anilines is 1. The van der Waals surface area contributed by atoms with E-state index in [1.54, 1.807) is 32.4 Å². The summed E-state index contributed by atoms with van der Waals surface area (Å²) >= 11 is 0. The second-order valence-electron chi connectivity index (χ2n) is 4.98. The van der Waals surface area contributed by atoms with Gasteiger partial charge < -0.3 is 10.5 Å². The van der Waals surface area contributed by atoms with Gasteiger partial charge in [-0.15, -0.1) is 10.2 Å². The van der Waals surface area contributed by atoms with Gasteiger partial charge in [0.2, 0.25) is 0 Å². The maximum Gasteiger partial charge on any atom is 0.343 e. The number of hydrogen-bond acceptors (Lipinski definition) is 9. The van der Waals surface area contributed by atoms with Gasteiger partial charge in [0.15, 0.2) is 17.3 Å². The highest BCUT2D eigenvalue weighted by Crippen LogP contribution is 2.30. The lowest BCUT2D eigenvalue weighted by Gasteiger charge is -2.00. The van der Waals surface area contributed by atoms with E-state index < -0.39 is 5.97 Å². The molecule has 0 fully saturated rings. The number of carbonyl (C=O) groups excluding carboxylic acids is 1. The molecule has 3 aromatic rings. The molecule has 0 bridgehead atoms. The van der Waals surface area contributed by atoms with Crippen molar-refractivity contribution in [2.75, 3.05) is 12.8 Å². The van der Waals surface area contributed by atoms with Crippen molar-refractivity contribution in [3.63, 3.8) is 0 Å². The summed E-state index contributed by atoms with van der Waals surface area (Å²) in [4.78, 5) is 19.9. The van der Waals surface area contributed by atoms with Crippen LogP contribution in [0.3, 0.4) is 0 Å². The molecular weight excluding hydrogens is 326 g/mol. The minimum Gasteiger partial charge on any atom is -0.465 e. The molecule has 0 amide bonds. The van der Waals surface area contributed by atoms with Gasteiger partial charge in [0.25, 0.3) is 5.95 Å². The van der Waals surface area contributed by atoms with E-state index in [1.807, 2.05) is 0 Å². The number of nitrogens with two attached hydrogens (primary N) is 1. The van der Waals surface area contributed by atoms with Crippen LogP contribution >= 0.6 is 0 Å². The molecule has 0 saturated carbocycles. The topological polar surface area (TPSA) is 138 Å². The number of rotatable bonds is 4. The van der Waals surface area contributed by atoms with Gasteiger partial charge >= 0.3 is 5.97 Å². The lowest BCUT2D eigenvalue weighted by Crippen LogP contribution is -2.05. The van der Waals surface area contributed by atoms with Crippen LogP contribution in [0.4, 0.5) is 17.3 Å². The van der Waals surface area contributed by atoms with Gasteiger partial charge in [-0.25, -0.2) is 19.4 Å². The standard InChI is InChI=1S/C14H15N9O2/c1-8-10(11(15)23(21-8)14-16-5-4-6-17-14)19-20-12-9(13(24)25-3)7-18-22(12)2/h4-7H,15H2,1-3H3. The highest BCUT2D eigenvalue weighted by molar-refractivity contribution is 5.93. The number of aromatic nitrogens is 6. The number of nitrogens with zero attached hydrogens (tertiary/aromatic N) is 8. The van der Waals surface area contributed by atoms with E-state index >= 15 is 0 Å². The highest BCUT2D eigenvalue weighted by Gasteiger charge is 2.18. The highest BCUT2D eigenvalue weighted by atomic mass is 16.5. The number of esters is 1. The van der Waals surface area contributed by atoms with Crippen LogP contribution in [0, 0.1) is 6.92 Å². The lowest BCUT2D eigenvalue weighted by atomic mass is 10.3. The van der Waals surface area contributed by atoms with E-state index in [1.165, 1.54) is 22.7 Å². The molecular formula is C14H15N9O2. The Morgan fingerprint density at radius 2 is 2.00 bits per heavy atom. The number of aryl methyl sites for hydroxylation is 2. The number of azo groups is 1. The predicted molar refractivity (Wildman–Crippen MR) is 87.0 cm³/mol. The molecule has 25 heavy (non-hydrogen) atoms. The third-order valence-electron chi connectivity index (χ3n) is 3.36. The van der Waals surface area contributed by atoms with E-state index in [2.05, 4.69) is 30.4 Å².